The molecule has 0 rings (SSSR count). The first-order chi connectivity index (χ1) is 24.1. The molecular formula is C38H66NO10P. The molecule has 0 aliphatic heterocycles. The molecule has 0 spiro atoms. The highest BCUT2D eigenvalue weighted by Crippen LogP contribution is 2.43. The topological polar surface area (TPSA) is 172 Å². The number of hydrogen-bond donors (Lipinski definition) is 3. The third kappa shape index (κ3) is 32.6. The zero-order valence-corrected chi connectivity index (χ0v) is 31.6. The molecule has 0 aromatic heterocycles. The van der Waals surface area contributed by atoms with E-state index in [-0.39, 0.29) is 19.4 Å². The van der Waals surface area contributed by atoms with Crippen molar-refractivity contribution in [1.82, 2.24) is 0 Å². The number of allylic oxidation sites excluding steroid dienone is 8. The number of unbranched alkanes of at least 4 members (excludes halogenated alkanes) is 12. The largest absolute Gasteiger partial charge is 0.480 e. The molecule has 12 heteroatoms. The van der Waals surface area contributed by atoms with Gasteiger partial charge in [0, 0.05) is 12.8 Å². The summed E-state index contributed by atoms with van der Waals surface area (Å²) in [6.07, 6.45) is 34.7. The van der Waals surface area contributed by atoms with E-state index in [0.717, 1.165) is 89.9 Å². The highest BCUT2D eigenvalue weighted by atomic mass is 31.2. The lowest BCUT2D eigenvalue weighted by Gasteiger charge is -2.20. The van der Waals surface area contributed by atoms with Crippen LogP contribution >= 0.6 is 7.82 Å². The molecule has 0 heterocycles. The van der Waals surface area contributed by atoms with Gasteiger partial charge in [-0.05, 0) is 64.2 Å². The van der Waals surface area contributed by atoms with Crippen molar-refractivity contribution in [3.8, 4) is 0 Å². The molecule has 50 heavy (non-hydrogen) atoms. The van der Waals surface area contributed by atoms with Gasteiger partial charge in [0.05, 0.1) is 13.2 Å². The minimum atomic E-state index is -4.71. The maximum absolute atomic E-state index is 12.5. The Labute approximate surface area is 301 Å². The highest BCUT2D eigenvalue weighted by molar-refractivity contribution is 7.47. The molecule has 1 unspecified atom stereocenters. The van der Waals surface area contributed by atoms with E-state index in [0.29, 0.717) is 12.8 Å². The van der Waals surface area contributed by atoms with E-state index in [2.05, 4.69) is 67.0 Å². The van der Waals surface area contributed by atoms with Gasteiger partial charge in [0.25, 0.3) is 0 Å². The van der Waals surface area contributed by atoms with Gasteiger partial charge in [0.1, 0.15) is 12.6 Å². The van der Waals surface area contributed by atoms with Crippen LogP contribution in [0.5, 0.6) is 0 Å². The fraction of sp³-hybridized carbons (Fsp3) is 0.711. The summed E-state index contributed by atoms with van der Waals surface area (Å²) < 4.78 is 32.5. The SMILES string of the molecule is CCC=CCC=CCC=CCCCCCCCC(=O)OC[C@H](COP(=O)(O)OC[C@H](N)C(=O)O)OC(=O)CCCCCCCC=CCCCC. The molecule has 11 nitrogen and oxygen atoms in total. The number of carbonyl (C=O) groups is 3. The Balaban J connectivity index is 4.48. The van der Waals surface area contributed by atoms with Crippen LogP contribution in [-0.4, -0.2) is 59.9 Å². The summed E-state index contributed by atoms with van der Waals surface area (Å²) >= 11 is 0. The zero-order valence-electron chi connectivity index (χ0n) is 30.7. The number of esters is 2. The van der Waals surface area contributed by atoms with Gasteiger partial charge in [0.15, 0.2) is 6.10 Å². The van der Waals surface area contributed by atoms with Crippen molar-refractivity contribution in [2.75, 3.05) is 19.8 Å². The summed E-state index contributed by atoms with van der Waals surface area (Å²) in [6, 6.07) is -1.52. The first kappa shape index (κ1) is 47.4. The van der Waals surface area contributed by atoms with E-state index < -0.39 is 51.1 Å². The van der Waals surface area contributed by atoms with E-state index in [1.165, 1.54) is 12.8 Å². The van der Waals surface area contributed by atoms with Crippen molar-refractivity contribution in [1.29, 1.82) is 0 Å². The van der Waals surface area contributed by atoms with Gasteiger partial charge in [0.2, 0.25) is 0 Å². The van der Waals surface area contributed by atoms with E-state index in [4.69, 9.17) is 24.8 Å². The smallest absolute Gasteiger partial charge is 0.472 e. The summed E-state index contributed by atoms with van der Waals surface area (Å²) in [7, 11) is -4.71. The van der Waals surface area contributed by atoms with Crippen molar-refractivity contribution >= 4 is 25.7 Å². The van der Waals surface area contributed by atoms with E-state index in [1.807, 2.05) is 0 Å². The molecule has 0 radical (unpaired) electrons. The van der Waals surface area contributed by atoms with Gasteiger partial charge in [-0.1, -0.05) is 114 Å². The number of nitrogens with two attached hydrogens (primary N) is 1. The van der Waals surface area contributed by atoms with Gasteiger partial charge < -0.3 is 25.2 Å². The van der Waals surface area contributed by atoms with E-state index in [1.54, 1.807) is 0 Å². The molecule has 0 aromatic carbocycles. The van der Waals surface area contributed by atoms with Gasteiger partial charge in [-0.2, -0.15) is 0 Å². The number of phosphoric acid groups is 1. The van der Waals surface area contributed by atoms with Crippen molar-refractivity contribution < 1.29 is 47.5 Å². The number of aliphatic carboxylic acids is 1. The molecule has 0 saturated heterocycles. The van der Waals surface area contributed by atoms with Crippen LogP contribution in [0, 0.1) is 0 Å². The first-order valence-corrected chi connectivity index (χ1v) is 20.2. The van der Waals surface area contributed by atoms with Crippen LogP contribution in [0.3, 0.4) is 0 Å². The number of carboxylic acid groups (broad SMARTS) is 1. The second-order valence-electron chi connectivity index (χ2n) is 12.3. The Kier molecular flexibility index (Phi) is 31.9. The summed E-state index contributed by atoms with van der Waals surface area (Å²) in [5.74, 6) is -2.42. The second kappa shape index (κ2) is 33.6. The van der Waals surface area contributed by atoms with Crippen LogP contribution in [0.15, 0.2) is 48.6 Å². The lowest BCUT2D eigenvalue weighted by Crippen LogP contribution is -2.34. The molecule has 0 fully saturated rings. The Morgan fingerprint density at radius 1 is 0.640 bits per heavy atom. The molecule has 3 atom stereocenters. The second-order valence-corrected chi connectivity index (χ2v) is 13.8. The number of hydrogen-bond acceptors (Lipinski definition) is 9. The minimum Gasteiger partial charge on any atom is -0.480 e. The minimum absolute atomic E-state index is 0.145. The molecule has 0 bridgehead atoms. The number of carbonyl (C=O) groups excluding carboxylic acids is 2. The zero-order chi connectivity index (χ0) is 37.1. The van der Waals surface area contributed by atoms with Crippen LogP contribution in [0.1, 0.15) is 142 Å². The summed E-state index contributed by atoms with van der Waals surface area (Å²) in [5.41, 5.74) is 5.31. The van der Waals surface area contributed by atoms with Crippen LogP contribution in [0.2, 0.25) is 0 Å². The van der Waals surface area contributed by atoms with Gasteiger partial charge in [-0.25, -0.2) is 4.57 Å². The number of carboxylic acids is 1. The van der Waals surface area contributed by atoms with Crippen LogP contribution in [-0.2, 0) is 37.5 Å². The maximum atomic E-state index is 12.5. The molecule has 4 N–H and O–H groups in total. The molecule has 0 aliphatic carbocycles. The fourth-order valence-electron chi connectivity index (χ4n) is 4.59. The average molecular weight is 728 g/mol. The standard InChI is InChI=1S/C38H66NO10P/c1-3-5-7-9-11-13-15-16-17-18-20-21-23-25-27-29-36(40)46-31-34(32-47-50(44,45)48-33-35(39)38(42)43)49-37(41)30-28-26-24-22-19-14-12-10-8-6-4-2/h5,7,10-13,16-17,34-35H,3-4,6,8-9,14-15,18-33,39H2,1-2H3,(H,42,43)(H,44,45)/t34-,35+/m1/s1. The third-order valence-corrected chi connectivity index (χ3v) is 8.51. The molecule has 0 aromatic rings. The van der Waals surface area contributed by atoms with Gasteiger partial charge in [-0.3, -0.25) is 23.4 Å². The molecule has 288 valence electrons. The quantitative estimate of drug-likeness (QED) is 0.0250. The summed E-state index contributed by atoms with van der Waals surface area (Å²) in [4.78, 5) is 45.7. The lowest BCUT2D eigenvalue weighted by atomic mass is 10.1. The van der Waals surface area contributed by atoms with Crippen LogP contribution in [0.4, 0.5) is 0 Å². The van der Waals surface area contributed by atoms with E-state index in [9.17, 15) is 23.8 Å². The Hall–Kier alpha value is -2.56. The third-order valence-electron chi connectivity index (χ3n) is 7.56. The van der Waals surface area contributed by atoms with Gasteiger partial charge >= 0.3 is 25.7 Å². The fourth-order valence-corrected chi connectivity index (χ4v) is 5.37. The van der Waals surface area contributed by atoms with E-state index >= 15 is 0 Å². The molecule has 0 amide bonds. The predicted molar refractivity (Wildman–Crippen MR) is 198 cm³/mol. The molecule has 0 saturated carbocycles. The molecule has 0 aliphatic rings. The van der Waals surface area contributed by atoms with Crippen LogP contribution < -0.4 is 5.73 Å². The van der Waals surface area contributed by atoms with Gasteiger partial charge in [-0.15, -0.1) is 0 Å². The summed E-state index contributed by atoms with van der Waals surface area (Å²) in [5, 5.41) is 8.85. The average Bonchev–Trinajstić information content (AvgIpc) is 3.09. The van der Waals surface area contributed by atoms with Crippen molar-refractivity contribution in [2.24, 2.45) is 5.73 Å². The Morgan fingerprint density at radius 2 is 1.12 bits per heavy atom. The normalized spacial score (nSPS) is 14.5. The number of phosphoric ester groups is 1. The lowest BCUT2D eigenvalue weighted by molar-refractivity contribution is -0.161. The predicted octanol–water partition coefficient (Wildman–Crippen LogP) is 9.05. The summed E-state index contributed by atoms with van der Waals surface area (Å²) in [6.45, 7) is 2.59. The first-order valence-electron chi connectivity index (χ1n) is 18.7. The van der Waals surface area contributed by atoms with Crippen LogP contribution in [0.25, 0.3) is 0 Å². The van der Waals surface area contributed by atoms with Crippen molar-refractivity contribution in [3.05, 3.63) is 48.6 Å². The Bertz CT molecular complexity index is 1040. The maximum Gasteiger partial charge on any atom is 0.472 e. The van der Waals surface area contributed by atoms with Crippen molar-refractivity contribution in [3.63, 3.8) is 0 Å². The highest BCUT2D eigenvalue weighted by Gasteiger charge is 2.28. The Morgan fingerprint density at radius 3 is 1.70 bits per heavy atom. The van der Waals surface area contributed by atoms with Crippen molar-refractivity contribution in [2.45, 2.75) is 154 Å². The number of ether oxygens (including phenoxy) is 2. The number of rotatable bonds is 34. The monoisotopic (exact) mass is 727 g/mol. The molecular weight excluding hydrogens is 661 g/mol.